The topological polar surface area (TPSA) is 39.1 Å². The number of hydrogen-bond acceptors (Lipinski definition) is 3. The summed E-state index contributed by atoms with van der Waals surface area (Å²) in [5, 5.41) is 11.8. The van der Waals surface area contributed by atoms with Crippen LogP contribution in [0.4, 0.5) is 0 Å². The largest absolute Gasteiger partial charge is 0.304 e. The van der Waals surface area contributed by atoms with Crippen molar-refractivity contribution < 1.29 is 0 Å². The van der Waals surface area contributed by atoms with Crippen LogP contribution in [0, 0.1) is 17.2 Å². The van der Waals surface area contributed by atoms with Crippen LogP contribution in [0.1, 0.15) is 19.8 Å². The molecule has 0 bridgehead atoms. The molecule has 1 N–H and O–H groups in total. The van der Waals surface area contributed by atoms with Crippen molar-refractivity contribution in [3.05, 3.63) is 0 Å². The Morgan fingerprint density at radius 2 is 2.46 bits per heavy atom. The normalized spacial score (nSPS) is 26.7. The molecule has 0 aromatic rings. The van der Waals surface area contributed by atoms with Crippen LogP contribution in [0.25, 0.3) is 0 Å². The second kappa shape index (κ2) is 5.21. The van der Waals surface area contributed by atoms with Crippen molar-refractivity contribution in [1.29, 1.82) is 5.26 Å². The van der Waals surface area contributed by atoms with Crippen LogP contribution >= 0.6 is 0 Å². The summed E-state index contributed by atoms with van der Waals surface area (Å²) in [4.78, 5) is 2.39. The Kier molecular flexibility index (Phi) is 4.20. The summed E-state index contributed by atoms with van der Waals surface area (Å²) in [7, 11) is 1.85. The van der Waals surface area contributed by atoms with E-state index in [1.807, 2.05) is 7.05 Å². The molecule has 3 heteroatoms. The van der Waals surface area contributed by atoms with Gasteiger partial charge in [-0.15, -0.1) is 0 Å². The summed E-state index contributed by atoms with van der Waals surface area (Å²) in [5.74, 6) is 0.796. The highest BCUT2D eigenvalue weighted by Crippen LogP contribution is 2.15. The molecule has 13 heavy (non-hydrogen) atoms. The number of rotatable bonds is 3. The van der Waals surface area contributed by atoms with E-state index < -0.39 is 0 Å². The predicted molar refractivity (Wildman–Crippen MR) is 53.3 cm³/mol. The summed E-state index contributed by atoms with van der Waals surface area (Å²) in [6.07, 6.45) is 2.62. The fourth-order valence-corrected chi connectivity index (χ4v) is 1.91. The van der Waals surface area contributed by atoms with E-state index in [0.29, 0.717) is 0 Å². The van der Waals surface area contributed by atoms with Crippen molar-refractivity contribution in [3.8, 4) is 6.07 Å². The average Bonchev–Trinajstić information content (AvgIpc) is 2.14. The molecule has 1 saturated heterocycles. The van der Waals surface area contributed by atoms with Gasteiger partial charge in [0.1, 0.15) is 6.04 Å². The van der Waals surface area contributed by atoms with E-state index in [4.69, 9.17) is 5.26 Å². The smallest absolute Gasteiger partial charge is 0.108 e. The number of nitrogens with zero attached hydrogens (tertiary/aromatic N) is 2. The van der Waals surface area contributed by atoms with Gasteiger partial charge in [-0.05, 0) is 32.4 Å². The molecule has 2 atom stereocenters. The third-order valence-electron chi connectivity index (χ3n) is 2.69. The maximum atomic E-state index is 8.78. The van der Waals surface area contributed by atoms with E-state index >= 15 is 0 Å². The molecule has 1 aliphatic heterocycles. The third-order valence-corrected chi connectivity index (χ3v) is 2.69. The van der Waals surface area contributed by atoms with E-state index in [9.17, 15) is 0 Å². The molecule has 1 rings (SSSR count). The summed E-state index contributed by atoms with van der Waals surface area (Å²) in [6.45, 7) is 5.47. The molecular formula is C10H19N3. The number of likely N-dealkylation sites (N-methyl/N-ethyl adjacent to an activating group) is 1. The SMILES string of the molecule is CNC(C#N)CN1CCCC(C)C1. The van der Waals surface area contributed by atoms with Crippen LogP contribution < -0.4 is 5.32 Å². The molecule has 0 amide bonds. The lowest BCUT2D eigenvalue weighted by Gasteiger charge is -2.31. The van der Waals surface area contributed by atoms with Crippen molar-refractivity contribution >= 4 is 0 Å². The highest BCUT2D eigenvalue weighted by atomic mass is 15.2. The first-order valence-electron chi connectivity index (χ1n) is 5.05. The van der Waals surface area contributed by atoms with E-state index in [1.54, 1.807) is 0 Å². The predicted octanol–water partition coefficient (Wildman–Crippen LogP) is 0.830. The maximum Gasteiger partial charge on any atom is 0.108 e. The minimum Gasteiger partial charge on any atom is -0.304 e. The summed E-state index contributed by atoms with van der Waals surface area (Å²) in [5.41, 5.74) is 0. The van der Waals surface area contributed by atoms with Crippen molar-refractivity contribution in [1.82, 2.24) is 10.2 Å². The van der Waals surface area contributed by atoms with Gasteiger partial charge in [0.05, 0.1) is 6.07 Å². The van der Waals surface area contributed by atoms with Gasteiger partial charge in [0.15, 0.2) is 0 Å². The highest BCUT2D eigenvalue weighted by molar-refractivity contribution is 4.91. The van der Waals surface area contributed by atoms with E-state index in [1.165, 1.54) is 12.8 Å². The molecule has 1 heterocycles. The van der Waals surface area contributed by atoms with Gasteiger partial charge in [0.2, 0.25) is 0 Å². The zero-order chi connectivity index (χ0) is 9.68. The molecule has 0 radical (unpaired) electrons. The van der Waals surface area contributed by atoms with Crippen molar-refractivity contribution in [2.24, 2.45) is 5.92 Å². The molecule has 1 aliphatic rings. The van der Waals surface area contributed by atoms with E-state index in [0.717, 1.165) is 25.6 Å². The van der Waals surface area contributed by atoms with Crippen molar-refractivity contribution in [3.63, 3.8) is 0 Å². The van der Waals surface area contributed by atoms with Crippen molar-refractivity contribution in [2.45, 2.75) is 25.8 Å². The van der Waals surface area contributed by atoms with Crippen LogP contribution in [0.5, 0.6) is 0 Å². The molecule has 1 fully saturated rings. The minimum atomic E-state index is -0.00898. The molecule has 0 aromatic heterocycles. The summed E-state index contributed by atoms with van der Waals surface area (Å²) in [6, 6.07) is 2.25. The van der Waals surface area contributed by atoms with Crippen molar-refractivity contribution in [2.75, 3.05) is 26.7 Å². The molecule has 3 nitrogen and oxygen atoms in total. The number of nitriles is 1. The molecule has 0 spiro atoms. The second-order valence-electron chi connectivity index (χ2n) is 3.98. The van der Waals surface area contributed by atoms with Gasteiger partial charge in [-0.3, -0.25) is 0 Å². The van der Waals surface area contributed by atoms with Crippen LogP contribution in [0.2, 0.25) is 0 Å². The Balaban J connectivity index is 2.31. The lowest BCUT2D eigenvalue weighted by atomic mass is 10.00. The minimum absolute atomic E-state index is 0.00898. The highest BCUT2D eigenvalue weighted by Gasteiger charge is 2.18. The first kappa shape index (κ1) is 10.5. The lowest BCUT2D eigenvalue weighted by molar-refractivity contribution is 0.177. The van der Waals surface area contributed by atoms with Crippen LogP contribution in [-0.2, 0) is 0 Å². The molecule has 74 valence electrons. The summed E-state index contributed by atoms with van der Waals surface area (Å²) >= 11 is 0. The van der Waals surface area contributed by atoms with E-state index in [-0.39, 0.29) is 6.04 Å². The van der Waals surface area contributed by atoms with E-state index in [2.05, 4.69) is 23.2 Å². The molecule has 2 unspecified atom stereocenters. The fourth-order valence-electron chi connectivity index (χ4n) is 1.91. The van der Waals surface area contributed by atoms with Gasteiger partial charge < -0.3 is 10.2 Å². The molecular weight excluding hydrogens is 162 g/mol. The first-order chi connectivity index (χ1) is 6.26. The Hall–Kier alpha value is -0.590. The van der Waals surface area contributed by atoms with Gasteiger partial charge >= 0.3 is 0 Å². The lowest BCUT2D eigenvalue weighted by Crippen LogP contribution is -2.43. The quantitative estimate of drug-likeness (QED) is 0.701. The van der Waals surface area contributed by atoms with Crippen LogP contribution in [0.3, 0.4) is 0 Å². The van der Waals surface area contributed by atoms with Crippen LogP contribution in [0.15, 0.2) is 0 Å². The average molecular weight is 181 g/mol. The Labute approximate surface area is 80.7 Å². The number of nitrogens with one attached hydrogen (secondary N) is 1. The number of hydrogen-bond donors (Lipinski definition) is 1. The Morgan fingerprint density at radius 3 is 3.00 bits per heavy atom. The van der Waals surface area contributed by atoms with Gasteiger partial charge in [0, 0.05) is 13.1 Å². The standard InChI is InChI=1S/C10H19N3/c1-9-4-3-5-13(7-9)8-10(6-11)12-2/h9-10,12H,3-5,7-8H2,1-2H3. The molecule has 0 aliphatic carbocycles. The summed E-state index contributed by atoms with van der Waals surface area (Å²) < 4.78 is 0. The fraction of sp³-hybridized carbons (Fsp3) is 0.900. The first-order valence-corrected chi connectivity index (χ1v) is 5.05. The second-order valence-corrected chi connectivity index (χ2v) is 3.98. The number of piperidine rings is 1. The monoisotopic (exact) mass is 181 g/mol. The zero-order valence-corrected chi connectivity index (χ0v) is 8.58. The van der Waals surface area contributed by atoms with Gasteiger partial charge in [-0.2, -0.15) is 5.26 Å². The van der Waals surface area contributed by atoms with Gasteiger partial charge in [-0.25, -0.2) is 0 Å². The molecule has 0 saturated carbocycles. The molecule has 0 aromatic carbocycles. The Bertz CT molecular complexity index is 185. The number of likely N-dealkylation sites (tertiary alicyclic amines) is 1. The third kappa shape index (κ3) is 3.33. The Morgan fingerprint density at radius 1 is 1.69 bits per heavy atom. The van der Waals surface area contributed by atoms with Gasteiger partial charge in [0.25, 0.3) is 0 Å². The zero-order valence-electron chi connectivity index (χ0n) is 8.58. The maximum absolute atomic E-state index is 8.78. The van der Waals surface area contributed by atoms with Gasteiger partial charge in [-0.1, -0.05) is 6.92 Å². The van der Waals surface area contributed by atoms with Crippen LogP contribution in [-0.4, -0.2) is 37.6 Å².